The second kappa shape index (κ2) is 1.27. The Labute approximate surface area is 50.3 Å². The summed E-state index contributed by atoms with van der Waals surface area (Å²) in [5.41, 5.74) is 6.29. The van der Waals surface area contributed by atoms with E-state index in [9.17, 15) is 0 Å². The van der Waals surface area contributed by atoms with Crippen molar-refractivity contribution in [1.82, 2.24) is 0 Å². The molecule has 0 unspecified atom stereocenters. The third kappa shape index (κ3) is 0.408. The lowest BCUT2D eigenvalue weighted by Crippen LogP contribution is -2.14. The van der Waals surface area contributed by atoms with Crippen LogP contribution >= 0.6 is 0 Å². The van der Waals surface area contributed by atoms with Gasteiger partial charge in [0.2, 0.25) is 0 Å². The number of fused-ring (bicyclic) bond motifs is 1. The summed E-state index contributed by atoms with van der Waals surface area (Å²) in [7, 11) is 0. The molecule has 1 nitrogen and oxygen atoms in total. The Hall–Kier alpha value is -0.0400. The van der Waals surface area contributed by atoms with Crippen molar-refractivity contribution < 1.29 is 0 Å². The molecule has 2 saturated carbocycles. The van der Waals surface area contributed by atoms with Gasteiger partial charge in [-0.05, 0) is 37.1 Å². The van der Waals surface area contributed by atoms with E-state index in [2.05, 4.69) is 0 Å². The van der Waals surface area contributed by atoms with Gasteiger partial charge in [0.1, 0.15) is 0 Å². The third-order valence-corrected chi connectivity index (χ3v) is 2.99. The highest BCUT2D eigenvalue weighted by atomic mass is 14.7. The number of hydrogen-bond acceptors (Lipinski definition) is 1. The molecule has 0 bridgehead atoms. The van der Waals surface area contributed by atoms with Crippen LogP contribution in [0.4, 0.5) is 0 Å². The molecule has 2 aliphatic rings. The Kier molecular flexibility index (Phi) is 0.762. The van der Waals surface area contributed by atoms with Crippen molar-refractivity contribution in [2.75, 3.05) is 6.54 Å². The van der Waals surface area contributed by atoms with Gasteiger partial charge in [0.05, 0.1) is 0 Å². The minimum absolute atomic E-state index is 0.681. The van der Waals surface area contributed by atoms with Gasteiger partial charge in [-0.15, -0.1) is 0 Å². The van der Waals surface area contributed by atoms with Crippen molar-refractivity contribution in [1.29, 1.82) is 0 Å². The SMILES string of the molecule is NC[C@@]12CCC[C@@H]1C2. The zero-order valence-electron chi connectivity index (χ0n) is 5.19. The molecule has 2 fully saturated rings. The summed E-state index contributed by atoms with van der Waals surface area (Å²) in [6.07, 6.45) is 5.79. The van der Waals surface area contributed by atoms with Crippen molar-refractivity contribution >= 4 is 0 Å². The maximum Gasteiger partial charge on any atom is -0.00178 e. The van der Waals surface area contributed by atoms with Gasteiger partial charge in [-0.3, -0.25) is 0 Å². The zero-order valence-corrected chi connectivity index (χ0v) is 5.19. The smallest absolute Gasteiger partial charge is 0.00178 e. The van der Waals surface area contributed by atoms with Gasteiger partial charge in [-0.2, -0.15) is 0 Å². The minimum Gasteiger partial charge on any atom is -0.330 e. The first-order valence-corrected chi connectivity index (χ1v) is 3.57. The quantitative estimate of drug-likeness (QED) is 0.539. The van der Waals surface area contributed by atoms with E-state index < -0.39 is 0 Å². The molecule has 0 aromatic rings. The molecule has 8 heavy (non-hydrogen) atoms. The molecule has 0 radical (unpaired) electrons. The molecule has 0 saturated heterocycles. The van der Waals surface area contributed by atoms with Gasteiger partial charge in [0, 0.05) is 0 Å². The highest BCUT2D eigenvalue weighted by Gasteiger charge is 2.55. The molecular formula is C7H13N. The molecular weight excluding hydrogens is 98.1 g/mol. The van der Waals surface area contributed by atoms with E-state index >= 15 is 0 Å². The summed E-state index contributed by atoms with van der Waals surface area (Å²) in [5, 5.41) is 0. The van der Waals surface area contributed by atoms with Crippen LogP contribution in [-0.2, 0) is 0 Å². The van der Waals surface area contributed by atoms with Crippen molar-refractivity contribution in [3.05, 3.63) is 0 Å². The van der Waals surface area contributed by atoms with Gasteiger partial charge < -0.3 is 5.73 Å². The second-order valence-electron chi connectivity index (χ2n) is 3.36. The van der Waals surface area contributed by atoms with Crippen LogP contribution in [0.1, 0.15) is 25.7 Å². The zero-order chi connectivity index (χ0) is 5.61. The molecule has 1 heteroatoms. The number of hydrogen-bond donors (Lipinski definition) is 1. The van der Waals surface area contributed by atoms with Crippen LogP contribution in [0.5, 0.6) is 0 Å². The van der Waals surface area contributed by atoms with Crippen molar-refractivity contribution in [2.24, 2.45) is 17.1 Å². The van der Waals surface area contributed by atoms with Crippen molar-refractivity contribution in [3.63, 3.8) is 0 Å². The van der Waals surface area contributed by atoms with E-state index in [1.807, 2.05) is 0 Å². The number of nitrogens with two attached hydrogens (primary N) is 1. The first-order chi connectivity index (χ1) is 3.87. The van der Waals surface area contributed by atoms with Crippen molar-refractivity contribution in [3.8, 4) is 0 Å². The second-order valence-corrected chi connectivity index (χ2v) is 3.36. The summed E-state index contributed by atoms with van der Waals surface area (Å²) < 4.78 is 0. The summed E-state index contributed by atoms with van der Waals surface area (Å²) in [6, 6.07) is 0. The summed E-state index contributed by atoms with van der Waals surface area (Å²) in [4.78, 5) is 0. The normalized spacial score (nSPS) is 51.4. The molecule has 2 aliphatic carbocycles. The monoisotopic (exact) mass is 111 g/mol. The molecule has 0 amide bonds. The average molecular weight is 111 g/mol. The summed E-state index contributed by atoms with van der Waals surface area (Å²) >= 11 is 0. The maximum absolute atomic E-state index is 5.61. The van der Waals surface area contributed by atoms with Crippen molar-refractivity contribution in [2.45, 2.75) is 25.7 Å². The molecule has 0 heterocycles. The number of rotatable bonds is 1. The lowest BCUT2D eigenvalue weighted by Gasteiger charge is -2.04. The van der Waals surface area contributed by atoms with Crippen LogP contribution in [0.3, 0.4) is 0 Å². The maximum atomic E-state index is 5.61. The molecule has 2 N–H and O–H groups in total. The molecule has 0 aromatic heterocycles. The molecule has 0 aromatic carbocycles. The average Bonchev–Trinajstić information content (AvgIpc) is 2.38. The van der Waals surface area contributed by atoms with Gasteiger partial charge in [-0.25, -0.2) is 0 Å². The third-order valence-electron chi connectivity index (χ3n) is 2.99. The Balaban J connectivity index is 2.08. The highest BCUT2D eigenvalue weighted by molar-refractivity contribution is 5.06. The Morgan fingerprint density at radius 3 is 2.75 bits per heavy atom. The van der Waals surface area contributed by atoms with E-state index in [-0.39, 0.29) is 0 Å². The Bertz CT molecular complexity index is 107. The van der Waals surface area contributed by atoms with Gasteiger partial charge in [-0.1, -0.05) is 6.42 Å². The summed E-state index contributed by atoms with van der Waals surface area (Å²) in [5.74, 6) is 1.05. The first-order valence-electron chi connectivity index (χ1n) is 3.57. The fourth-order valence-electron chi connectivity index (χ4n) is 2.20. The van der Waals surface area contributed by atoms with E-state index in [0.717, 1.165) is 12.5 Å². The molecule has 0 spiro atoms. The predicted molar refractivity (Wildman–Crippen MR) is 33.4 cm³/mol. The predicted octanol–water partition coefficient (Wildman–Crippen LogP) is 1.14. The van der Waals surface area contributed by atoms with E-state index in [4.69, 9.17) is 5.73 Å². The first kappa shape index (κ1) is 4.80. The lowest BCUT2D eigenvalue weighted by molar-refractivity contribution is 0.501. The Morgan fingerprint density at radius 1 is 1.62 bits per heavy atom. The van der Waals surface area contributed by atoms with E-state index in [0.29, 0.717) is 5.41 Å². The topological polar surface area (TPSA) is 26.0 Å². The van der Waals surface area contributed by atoms with Crippen LogP contribution < -0.4 is 5.73 Å². The van der Waals surface area contributed by atoms with Crippen LogP contribution in [0.2, 0.25) is 0 Å². The van der Waals surface area contributed by atoms with Gasteiger partial charge in [0.15, 0.2) is 0 Å². The van der Waals surface area contributed by atoms with Crippen LogP contribution in [0.25, 0.3) is 0 Å². The van der Waals surface area contributed by atoms with Gasteiger partial charge in [0.25, 0.3) is 0 Å². The van der Waals surface area contributed by atoms with E-state index in [1.54, 1.807) is 0 Å². The fraction of sp³-hybridized carbons (Fsp3) is 1.00. The van der Waals surface area contributed by atoms with Crippen LogP contribution in [-0.4, -0.2) is 6.54 Å². The van der Waals surface area contributed by atoms with Crippen LogP contribution in [0.15, 0.2) is 0 Å². The van der Waals surface area contributed by atoms with Gasteiger partial charge >= 0.3 is 0 Å². The van der Waals surface area contributed by atoms with Crippen LogP contribution in [0, 0.1) is 11.3 Å². The molecule has 2 atom stereocenters. The molecule has 46 valence electrons. The largest absolute Gasteiger partial charge is 0.330 e. The molecule has 0 aliphatic heterocycles. The fourth-order valence-corrected chi connectivity index (χ4v) is 2.20. The highest BCUT2D eigenvalue weighted by Crippen LogP contribution is 2.62. The Morgan fingerprint density at radius 2 is 2.50 bits per heavy atom. The van der Waals surface area contributed by atoms with E-state index in [1.165, 1.54) is 25.7 Å². The lowest BCUT2D eigenvalue weighted by atomic mass is 10.1. The summed E-state index contributed by atoms with van der Waals surface area (Å²) in [6.45, 7) is 0.956. The minimum atomic E-state index is 0.681. The standard InChI is InChI=1S/C7H13N/c8-5-7-3-1-2-6(7)4-7/h6H,1-5,8H2/t6-,7+/m1/s1. The molecule has 2 rings (SSSR count).